The quantitative estimate of drug-likeness (QED) is 0.710. The van der Waals surface area contributed by atoms with Crippen molar-refractivity contribution in [2.75, 3.05) is 0 Å². The molecule has 0 bridgehead atoms. The van der Waals surface area contributed by atoms with Crippen LogP contribution in [0.2, 0.25) is 31.9 Å². The molecule has 0 amide bonds. The molecule has 0 unspecified atom stereocenters. The summed E-state index contributed by atoms with van der Waals surface area (Å²) in [7, 11) is -2.01. The summed E-state index contributed by atoms with van der Waals surface area (Å²) in [5.41, 5.74) is 3.05. The predicted octanol–water partition coefficient (Wildman–Crippen LogP) is 3.45. The second kappa shape index (κ2) is 3.58. The van der Waals surface area contributed by atoms with Gasteiger partial charge in [-0.3, -0.25) is 0 Å². The fourth-order valence-corrected chi connectivity index (χ4v) is 20.2. The monoisotopic (exact) mass is 235 g/mol. The van der Waals surface area contributed by atoms with E-state index in [1.165, 1.54) is 12.1 Å². The topological polar surface area (TPSA) is 3.24 Å². The van der Waals surface area contributed by atoms with Crippen LogP contribution in [0, 0.1) is 0 Å². The van der Waals surface area contributed by atoms with Crippen LogP contribution in [0.5, 0.6) is 0 Å². The average Bonchev–Trinajstić information content (AvgIpc) is 2.14. The molecule has 0 spiro atoms. The molecule has 1 fully saturated rings. The van der Waals surface area contributed by atoms with Gasteiger partial charge in [0.15, 0.2) is 0 Å². The smallest absolute Gasteiger partial charge is 0.114 e. The van der Waals surface area contributed by atoms with Crippen LogP contribution in [-0.4, -0.2) is 20.7 Å². The molecule has 0 atom stereocenters. The first-order valence-corrected chi connectivity index (χ1v) is 12.0. The van der Waals surface area contributed by atoms with Crippen molar-refractivity contribution in [1.82, 2.24) is 4.23 Å². The summed E-state index contributed by atoms with van der Waals surface area (Å²) >= 11 is 0. The van der Waals surface area contributed by atoms with Crippen molar-refractivity contribution >= 4 is 16.5 Å². The van der Waals surface area contributed by atoms with Crippen LogP contribution in [0.3, 0.4) is 0 Å². The largest absolute Gasteiger partial charge is 0.342 e. The Bertz CT molecular complexity index is 332. The highest BCUT2D eigenvalue weighted by Gasteiger charge is 2.52. The minimum atomic E-state index is -1.00. The Labute approximate surface area is 95.3 Å². The second-order valence-electron chi connectivity index (χ2n) is 5.87. The van der Waals surface area contributed by atoms with Crippen LogP contribution in [0.4, 0.5) is 0 Å². The van der Waals surface area contributed by atoms with Crippen LogP contribution < -0.4 is 0 Å². The van der Waals surface area contributed by atoms with Gasteiger partial charge < -0.3 is 4.23 Å². The summed E-state index contributed by atoms with van der Waals surface area (Å²) < 4.78 is 2.87. The van der Waals surface area contributed by atoms with Crippen molar-refractivity contribution in [3.05, 3.63) is 35.9 Å². The molecule has 82 valence electrons. The third-order valence-electron chi connectivity index (χ3n) is 3.51. The molecule has 1 aliphatic heterocycles. The van der Waals surface area contributed by atoms with Gasteiger partial charge in [-0.05, 0) is 11.2 Å². The number of hydrogen-bond acceptors (Lipinski definition) is 1. The van der Waals surface area contributed by atoms with E-state index >= 15 is 0 Å². The molecule has 0 aromatic heterocycles. The molecule has 1 aromatic rings. The normalized spacial score (nSPS) is 23.5. The minimum absolute atomic E-state index is 1.00. The highest BCUT2D eigenvalue weighted by molar-refractivity contribution is 7.07. The van der Waals surface area contributed by atoms with E-state index < -0.39 is 16.5 Å². The number of hydrogen-bond donors (Lipinski definition) is 0. The summed E-state index contributed by atoms with van der Waals surface area (Å²) in [6.45, 7) is 11.2. The molecular weight excluding hydrogens is 214 g/mol. The Morgan fingerprint density at radius 2 is 1.53 bits per heavy atom. The second-order valence-corrected chi connectivity index (χ2v) is 16.1. The van der Waals surface area contributed by atoms with Gasteiger partial charge in [0, 0.05) is 6.54 Å². The Kier molecular flexibility index (Phi) is 2.65. The first-order chi connectivity index (χ1) is 6.92. The van der Waals surface area contributed by atoms with Gasteiger partial charge in [0.1, 0.15) is 16.5 Å². The van der Waals surface area contributed by atoms with Gasteiger partial charge in [-0.15, -0.1) is 0 Å². The molecule has 2 rings (SSSR count). The Hall–Kier alpha value is -0.386. The average molecular weight is 235 g/mol. The van der Waals surface area contributed by atoms with E-state index in [4.69, 9.17) is 0 Å². The zero-order chi connectivity index (χ0) is 11.1. The highest BCUT2D eigenvalue weighted by Crippen LogP contribution is 2.40. The van der Waals surface area contributed by atoms with E-state index in [1.807, 2.05) is 0 Å². The van der Waals surface area contributed by atoms with E-state index in [0.717, 1.165) is 0 Å². The molecule has 1 aromatic carbocycles. The van der Waals surface area contributed by atoms with E-state index in [2.05, 4.69) is 60.8 Å². The van der Waals surface area contributed by atoms with Gasteiger partial charge in [-0.2, -0.15) is 0 Å². The van der Waals surface area contributed by atoms with Crippen LogP contribution in [0.25, 0.3) is 0 Å². The lowest BCUT2D eigenvalue weighted by Crippen LogP contribution is -2.74. The fourth-order valence-electron chi connectivity index (χ4n) is 3.17. The van der Waals surface area contributed by atoms with Gasteiger partial charge in [0.2, 0.25) is 0 Å². The third-order valence-corrected chi connectivity index (χ3v) is 17.3. The molecule has 1 aliphatic rings. The number of rotatable bonds is 2. The third kappa shape index (κ3) is 2.09. The summed E-state index contributed by atoms with van der Waals surface area (Å²) in [5, 5.41) is 0. The molecule has 0 aliphatic carbocycles. The van der Waals surface area contributed by atoms with Crippen LogP contribution >= 0.6 is 0 Å². The van der Waals surface area contributed by atoms with Gasteiger partial charge in [-0.25, -0.2) is 0 Å². The lowest BCUT2D eigenvalue weighted by molar-refractivity contribution is 0.570. The molecule has 15 heavy (non-hydrogen) atoms. The highest BCUT2D eigenvalue weighted by atomic mass is 28.5. The van der Waals surface area contributed by atoms with E-state index in [0.29, 0.717) is 0 Å². The van der Waals surface area contributed by atoms with Gasteiger partial charge in [-0.1, -0.05) is 56.5 Å². The van der Waals surface area contributed by atoms with Crippen LogP contribution in [0.15, 0.2) is 30.3 Å². The molecule has 1 nitrogen and oxygen atoms in total. The first kappa shape index (κ1) is 11.1. The lowest BCUT2D eigenvalue weighted by Gasteiger charge is -2.59. The molecule has 1 saturated heterocycles. The summed E-state index contributed by atoms with van der Waals surface area (Å²) in [4.78, 5) is 0. The molecule has 3 heteroatoms. The Morgan fingerprint density at radius 1 is 1.00 bits per heavy atom. The molecular formula is C12H21NSi2. The van der Waals surface area contributed by atoms with Gasteiger partial charge in [0.25, 0.3) is 0 Å². The van der Waals surface area contributed by atoms with Crippen molar-refractivity contribution < 1.29 is 0 Å². The first-order valence-electron chi connectivity index (χ1n) is 5.73. The Morgan fingerprint density at radius 3 is 2.00 bits per heavy atom. The fraction of sp³-hybridized carbons (Fsp3) is 0.500. The standard InChI is InChI=1S/C12H21NSi2/c1-14(2)11-15(3,4)13(14)10-12-8-6-5-7-9-12/h5-9H,10-11H2,1-4H3. The minimum Gasteiger partial charge on any atom is -0.342 e. The van der Waals surface area contributed by atoms with Crippen molar-refractivity contribution in [3.63, 3.8) is 0 Å². The Balaban J connectivity index is 2.12. The summed E-state index contributed by atoms with van der Waals surface area (Å²) in [5.74, 6) is 0. The van der Waals surface area contributed by atoms with E-state index in [9.17, 15) is 0 Å². The maximum absolute atomic E-state index is 2.87. The van der Waals surface area contributed by atoms with Crippen molar-refractivity contribution in [1.29, 1.82) is 0 Å². The van der Waals surface area contributed by atoms with Crippen molar-refractivity contribution in [2.24, 2.45) is 0 Å². The van der Waals surface area contributed by atoms with Crippen LogP contribution in [-0.2, 0) is 6.54 Å². The molecule has 0 N–H and O–H groups in total. The van der Waals surface area contributed by atoms with Gasteiger partial charge >= 0.3 is 0 Å². The number of nitrogens with zero attached hydrogens (tertiary/aromatic N) is 1. The van der Waals surface area contributed by atoms with Crippen LogP contribution in [0.1, 0.15) is 5.56 Å². The van der Waals surface area contributed by atoms with Gasteiger partial charge in [0.05, 0.1) is 0 Å². The number of benzene rings is 1. The van der Waals surface area contributed by atoms with Crippen molar-refractivity contribution in [2.45, 2.75) is 38.4 Å². The van der Waals surface area contributed by atoms with Crippen molar-refractivity contribution in [3.8, 4) is 0 Å². The SMILES string of the molecule is C[Si]1(C)C[Si](C)(C)N1Cc1ccccc1. The maximum atomic E-state index is 2.87. The zero-order valence-corrected chi connectivity index (χ0v) is 12.2. The molecule has 0 saturated carbocycles. The van der Waals surface area contributed by atoms with E-state index in [1.54, 1.807) is 5.67 Å². The molecule has 1 heterocycles. The van der Waals surface area contributed by atoms with E-state index in [-0.39, 0.29) is 0 Å². The summed E-state index contributed by atoms with van der Waals surface area (Å²) in [6, 6.07) is 10.9. The maximum Gasteiger partial charge on any atom is 0.114 e. The molecule has 0 radical (unpaired) electrons. The lowest BCUT2D eigenvalue weighted by atomic mass is 10.2. The predicted molar refractivity (Wildman–Crippen MR) is 71.8 cm³/mol. The summed E-state index contributed by atoms with van der Waals surface area (Å²) in [6.07, 6.45) is 0. The zero-order valence-electron chi connectivity index (χ0n) is 10.2.